The Kier molecular flexibility index (Phi) is 10.5. The Morgan fingerprint density at radius 2 is 1.74 bits per heavy atom. The lowest BCUT2D eigenvalue weighted by Gasteiger charge is -1.96. The van der Waals surface area contributed by atoms with Gasteiger partial charge in [-0.3, -0.25) is 4.79 Å². The van der Waals surface area contributed by atoms with Gasteiger partial charge in [0.25, 0.3) is 0 Å². The van der Waals surface area contributed by atoms with Crippen LogP contribution in [0.2, 0.25) is 0 Å². The molecular formula is C16H24O3. The van der Waals surface area contributed by atoms with E-state index >= 15 is 0 Å². The summed E-state index contributed by atoms with van der Waals surface area (Å²) in [5, 5.41) is 0. The minimum atomic E-state index is -0.182. The molecule has 0 spiro atoms. The number of hydrogen-bond donors (Lipinski definition) is 0. The van der Waals surface area contributed by atoms with Gasteiger partial charge in [-0.1, -0.05) is 43.7 Å². The van der Waals surface area contributed by atoms with Crippen molar-refractivity contribution in [3.63, 3.8) is 0 Å². The highest BCUT2D eigenvalue weighted by molar-refractivity contribution is 5.75. The Balaban J connectivity index is 0.000000362. The minimum Gasteiger partial charge on any atom is -0.466 e. The maximum Gasteiger partial charge on any atom is 0.302 e. The Hall–Kier alpha value is -1.64. The van der Waals surface area contributed by atoms with Gasteiger partial charge in [-0.15, -0.1) is 0 Å². The molecule has 0 heterocycles. The second-order valence-electron chi connectivity index (χ2n) is 4.38. The second-order valence-corrected chi connectivity index (χ2v) is 4.38. The predicted octanol–water partition coefficient (Wildman–Crippen LogP) is 3.56. The van der Waals surface area contributed by atoms with Crippen LogP contribution in [0, 0.1) is 0 Å². The zero-order valence-electron chi connectivity index (χ0n) is 12.1. The summed E-state index contributed by atoms with van der Waals surface area (Å²) in [5.41, 5.74) is 1.24. The third-order valence-corrected chi connectivity index (χ3v) is 2.41. The molecule has 1 rings (SSSR count). The number of carbonyl (C=O) groups is 2. The SMILES string of the molecule is CC(=O)CCc1ccccc1.CCCCOC(C)=O. The highest BCUT2D eigenvalue weighted by atomic mass is 16.5. The van der Waals surface area contributed by atoms with E-state index in [1.165, 1.54) is 12.5 Å². The Morgan fingerprint density at radius 3 is 2.21 bits per heavy atom. The van der Waals surface area contributed by atoms with Gasteiger partial charge in [0.05, 0.1) is 6.61 Å². The average Bonchev–Trinajstić information content (AvgIpc) is 2.38. The molecule has 0 bridgehead atoms. The number of Topliss-reactive ketones (excluding diaryl/α,β-unsaturated/α-hetero) is 1. The van der Waals surface area contributed by atoms with Crippen LogP contribution in [0.25, 0.3) is 0 Å². The third-order valence-electron chi connectivity index (χ3n) is 2.41. The number of ether oxygens (including phenoxy) is 1. The van der Waals surface area contributed by atoms with Gasteiger partial charge < -0.3 is 9.53 Å². The molecule has 0 aromatic heterocycles. The van der Waals surface area contributed by atoms with Crippen molar-refractivity contribution >= 4 is 11.8 Å². The Labute approximate surface area is 116 Å². The number of rotatable bonds is 6. The van der Waals surface area contributed by atoms with Crippen LogP contribution in [0.15, 0.2) is 30.3 Å². The topological polar surface area (TPSA) is 43.4 Å². The van der Waals surface area contributed by atoms with Crippen LogP contribution >= 0.6 is 0 Å². The highest BCUT2D eigenvalue weighted by Crippen LogP contribution is 2.01. The highest BCUT2D eigenvalue weighted by Gasteiger charge is 1.94. The molecular weight excluding hydrogens is 240 g/mol. The molecule has 1 aromatic rings. The number of benzene rings is 1. The van der Waals surface area contributed by atoms with E-state index in [2.05, 4.69) is 11.7 Å². The van der Waals surface area contributed by atoms with E-state index in [9.17, 15) is 9.59 Å². The fourth-order valence-corrected chi connectivity index (χ4v) is 1.33. The second kappa shape index (κ2) is 11.5. The van der Waals surface area contributed by atoms with Gasteiger partial charge in [-0.05, 0) is 25.3 Å². The van der Waals surface area contributed by atoms with Crippen molar-refractivity contribution in [2.45, 2.75) is 46.5 Å². The summed E-state index contributed by atoms with van der Waals surface area (Å²) in [6.45, 7) is 5.69. The summed E-state index contributed by atoms with van der Waals surface area (Å²) < 4.78 is 4.64. The van der Waals surface area contributed by atoms with Crippen LogP contribution in [0.5, 0.6) is 0 Å². The molecule has 0 saturated carbocycles. The molecule has 0 amide bonds. The van der Waals surface area contributed by atoms with Gasteiger partial charge in [0.1, 0.15) is 5.78 Å². The van der Waals surface area contributed by atoms with Crippen LogP contribution in [-0.4, -0.2) is 18.4 Å². The molecule has 0 N–H and O–H groups in total. The molecule has 3 heteroatoms. The molecule has 106 valence electrons. The number of hydrogen-bond acceptors (Lipinski definition) is 3. The largest absolute Gasteiger partial charge is 0.466 e. The quantitative estimate of drug-likeness (QED) is 0.583. The first-order chi connectivity index (χ1) is 9.06. The lowest BCUT2D eigenvalue weighted by Crippen LogP contribution is -1.99. The number of aryl methyl sites for hydroxylation is 1. The van der Waals surface area contributed by atoms with Gasteiger partial charge in [-0.25, -0.2) is 0 Å². The smallest absolute Gasteiger partial charge is 0.302 e. The van der Waals surface area contributed by atoms with Crippen molar-refractivity contribution < 1.29 is 14.3 Å². The van der Waals surface area contributed by atoms with Crippen LogP contribution < -0.4 is 0 Å². The van der Waals surface area contributed by atoms with Crippen molar-refractivity contribution in [3.8, 4) is 0 Å². The fourth-order valence-electron chi connectivity index (χ4n) is 1.33. The van der Waals surface area contributed by atoms with Gasteiger partial charge in [0.15, 0.2) is 0 Å². The molecule has 1 aromatic carbocycles. The van der Waals surface area contributed by atoms with Crippen LogP contribution in [0.4, 0.5) is 0 Å². The summed E-state index contributed by atoms with van der Waals surface area (Å²) in [6, 6.07) is 10.1. The predicted molar refractivity (Wildman–Crippen MR) is 77.0 cm³/mol. The average molecular weight is 264 g/mol. The third kappa shape index (κ3) is 12.6. The summed E-state index contributed by atoms with van der Waals surface area (Å²) in [7, 11) is 0. The van der Waals surface area contributed by atoms with E-state index in [0.29, 0.717) is 13.0 Å². The lowest BCUT2D eigenvalue weighted by molar-refractivity contribution is -0.141. The molecule has 0 atom stereocenters. The Morgan fingerprint density at radius 1 is 1.11 bits per heavy atom. The molecule has 0 saturated heterocycles. The van der Waals surface area contributed by atoms with E-state index in [-0.39, 0.29) is 11.8 Å². The van der Waals surface area contributed by atoms with Crippen molar-refractivity contribution in [3.05, 3.63) is 35.9 Å². The molecule has 0 unspecified atom stereocenters. The zero-order chi connectivity index (χ0) is 14.5. The summed E-state index contributed by atoms with van der Waals surface area (Å²) in [6.07, 6.45) is 3.58. The molecule has 0 radical (unpaired) electrons. The van der Waals surface area contributed by atoms with E-state index in [0.717, 1.165) is 19.3 Å². The molecule has 0 aliphatic heterocycles. The van der Waals surface area contributed by atoms with E-state index in [4.69, 9.17) is 0 Å². The van der Waals surface area contributed by atoms with Crippen molar-refractivity contribution in [2.75, 3.05) is 6.61 Å². The maximum absolute atomic E-state index is 10.6. The van der Waals surface area contributed by atoms with Crippen LogP contribution in [-0.2, 0) is 20.7 Å². The number of esters is 1. The molecule has 19 heavy (non-hydrogen) atoms. The number of carbonyl (C=O) groups excluding carboxylic acids is 2. The maximum atomic E-state index is 10.6. The summed E-state index contributed by atoms with van der Waals surface area (Å²) in [4.78, 5) is 20.7. The fraction of sp³-hybridized carbons (Fsp3) is 0.500. The molecule has 3 nitrogen and oxygen atoms in total. The summed E-state index contributed by atoms with van der Waals surface area (Å²) >= 11 is 0. The first-order valence-electron chi connectivity index (χ1n) is 6.73. The number of unbranched alkanes of at least 4 members (excludes halogenated alkanes) is 1. The minimum absolute atomic E-state index is 0.182. The van der Waals surface area contributed by atoms with Crippen molar-refractivity contribution in [1.29, 1.82) is 0 Å². The van der Waals surface area contributed by atoms with E-state index in [1.54, 1.807) is 6.92 Å². The summed E-state index contributed by atoms with van der Waals surface area (Å²) in [5.74, 6) is 0.0762. The molecule has 0 aliphatic rings. The van der Waals surface area contributed by atoms with Gasteiger partial charge in [-0.2, -0.15) is 0 Å². The van der Waals surface area contributed by atoms with Gasteiger partial charge in [0, 0.05) is 13.3 Å². The van der Waals surface area contributed by atoms with Gasteiger partial charge >= 0.3 is 5.97 Å². The van der Waals surface area contributed by atoms with Crippen molar-refractivity contribution in [2.24, 2.45) is 0 Å². The monoisotopic (exact) mass is 264 g/mol. The first-order valence-corrected chi connectivity index (χ1v) is 6.73. The van der Waals surface area contributed by atoms with Gasteiger partial charge in [0.2, 0.25) is 0 Å². The lowest BCUT2D eigenvalue weighted by atomic mass is 10.1. The van der Waals surface area contributed by atoms with Crippen LogP contribution in [0.1, 0.15) is 45.6 Å². The Bertz CT molecular complexity index is 358. The molecule has 0 aliphatic carbocycles. The van der Waals surface area contributed by atoms with E-state index in [1.807, 2.05) is 30.3 Å². The van der Waals surface area contributed by atoms with Crippen molar-refractivity contribution in [1.82, 2.24) is 0 Å². The first kappa shape index (κ1) is 17.4. The van der Waals surface area contributed by atoms with E-state index < -0.39 is 0 Å². The zero-order valence-corrected chi connectivity index (χ0v) is 12.1. The molecule has 0 fully saturated rings. The van der Waals surface area contributed by atoms with Crippen LogP contribution in [0.3, 0.4) is 0 Å². The standard InChI is InChI=1S/C10H12O.C6H12O2/c1-9(11)7-8-10-5-3-2-4-6-10;1-3-4-5-8-6(2)7/h2-6H,7-8H2,1H3;3-5H2,1-2H3. The normalized spacial score (nSPS) is 9.21. The number of ketones is 1.